The number of nitrogens with one attached hydrogen (secondary N) is 2. The molecule has 0 fully saturated rings. The van der Waals surface area contributed by atoms with Crippen LogP contribution < -0.4 is 10.6 Å². The van der Waals surface area contributed by atoms with Crippen molar-refractivity contribution in [1.82, 2.24) is 15.6 Å². The Morgan fingerprint density at radius 3 is 2.62 bits per heavy atom. The minimum atomic E-state index is -0.338. The molecule has 112 valence electrons. The molecule has 3 amide bonds. The van der Waals surface area contributed by atoms with E-state index in [1.54, 1.807) is 12.1 Å². The largest absolute Gasteiger partial charge is 0.459 e. The van der Waals surface area contributed by atoms with Gasteiger partial charge in [-0.2, -0.15) is 5.10 Å². The van der Waals surface area contributed by atoms with Crippen molar-refractivity contribution in [1.29, 1.82) is 0 Å². The van der Waals surface area contributed by atoms with Gasteiger partial charge in [-0.15, -0.1) is 0 Å². The number of amides is 3. The van der Waals surface area contributed by atoms with Gasteiger partial charge in [-0.3, -0.25) is 14.4 Å². The van der Waals surface area contributed by atoms with Crippen LogP contribution in [0.3, 0.4) is 0 Å². The summed E-state index contributed by atoms with van der Waals surface area (Å²) in [5.41, 5.74) is 0.314. The number of furan rings is 1. The van der Waals surface area contributed by atoms with E-state index in [0.717, 1.165) is 5.01 Å². The first-order chi connectivity index (χ1) is 10.1. The average molecular weight is 292 g/mol. The van der Waals surface area contributed by atoms with E-state index in [0.29, 0.717) is 12.1 Å². The first kappa shape index (κ1) is 14.8. The lowest BCUT2D eigenvalue weighted by Gasteiger charge is -2.18. The Balaban J connectivity index is 1.71. The summed E-state index contributed by atoms with van der Waals surface area (Å²) >= 11 is 0. The summed E-state index contributed by atoms with van der Waals surface area (Å²) in [4.78, 5) is 34.6. The van der Waals surface area contributed by atoms with Gasteiger partial charge in [-0.1, -0.05) is 0 Å². The molecule has 2 heterocycles. The first-order valence-electron chi connectivity index (χ1n) is 6.52. The minimum Gasteiger partial charge on any atom is -0.459 e. The van der Waals surface area contributed by atoms with E-state index in [9.17, 15) is 14.4 Å². The summed E-state index contributed by atoms with van der Waals surface area (Å²) in [6.07, 6.45) is 2.02. The summed E-state index contributed by atoms with van der Waals surface area (Å²) in [6.45, 7) is 0.537. The zero-order valence-corrected chi connectivity index (χ0v) is 11.6. The van der Waals surface area contributed by atoms with Crippen LogP contribution in [-0.4, -0.2) is 48.6 Å². The topological polar surface area (TPSA) is 104 Å². The van der Waals surface area contributed by atoms with Gasteiger partial charge >= 0.3 is 0 Å². The maximum Gasteiger partial charge on any atom is 0.287 e. The zero-order chi connectivity index (χ0) is 15.2. The van der Waals surface area contributed by atoms with Gasteiger partial charge in [0.1, 0.15) is 5.71 Å². The van der Waals surface area contributed by atoms with Crippen molar-refractivity contribution >= 4 is 23.4 Å². The maximum absolute atomic E-state index is 11.8. The standard InChI is InChI=1S/C13H16N4O4/c1-17-11(18)5-4-9(16-17)12(19)14-6-7-15-13(20)10-3-2-8-21-10/h2-3,8H,4-7H2,1H3,(H,14,19)(H,15,20). The van der Waals surface area contributed by atoms with Crippen molar-refractivity contribution in [2.24, 2.45) is 5.10 Å². The van der Waals surface area contributed by atoms with Gasteiger partial charge in [0.15, 0.2) is 5.76 Å². The summed E-state index contributed by atoms with van der Waals surface area (Å²) < 4.78 is 4.93. The molecule has 1 aromatic heterocycles. The predicted molar refractivity (Wildman–Crippen MR) is 73.5 cm³/mol. The molecule has 0 saturated heterocycles. The highest BCUT2D eigenvalue weighted by Gasteiger charge is 2.21. The fourth-order valence-corrected chi connectivity index (χ4v) is 1.78. The first-order valence-corrected chi connectivity index (χ1v) is 6.52. The van der Waals surface area contributed by atoms with E-state index >= 15 is 0 Å². The molecule has 0 aliphatic carbocycles. The van der Waals surface area contributed by atoms with Crippen LogP contribution in [0.25, 0.3) is 0 Å². The molecule has 0 unspecified atom stereocenters. The van der Waals surface area contributed by atoms with Gasteiger partial charge in [-0.25, -0.2) is 5.01 Å². The van der Waals surface area contributed by atoms with Crippen LogP contribution in [0.1, 0.15) is 23.4 Å². The van der Waals surface area contributed by atoms with Crippen molar-refractivity contribution in [2.45, 2.75) is 12.8 Å². The Labute approximate surface area is 121 Å². The Bertz CT molecular complexity index is 565. The SMILES string of the molecule is CN1N=C(C(=O)NCCNC(=O)c2ccco2)CCC1=O. The summed E-state index contributed by atoms with van der Waals surface area (Å²) in [5.74, 6) is -0.563. The zero-order valence-electron chi connectivity index (χ0n) is 11.6. The molecular weight excluding hydrogens is 276 g/mol. The fraction of sp³-hybridized carbons (Fsp3) is 0.385. The van der Waals surface area contributed by atoms with E-state index in [2.05, 4.69) is 15.7 Å². The molecule has 21 heavy (non-hydrogen) atoms. The molecule has 0 aromatic carbocycles. The fourth-order valence-electron chi connectivity index (χ4n) is 1.78. The molecular formula is C13H16N4O4. The van der Waals surface area contributed by atoms with Crippen molar-refractivity contribution < 1.29 is 18.8 Å². The lowest BCUT2D eigenvalue weighted by atomic mass is 10.1. The van der Waals surface area contributed by atoms with Crippen LogP contribution in [0.15, 0.2) is 27.9 Å². The molecule has 8 nitrogen and oxygen atoms in total. The minimum absolute atomic E-state index is 0.114. The number of hydrogen-bond acceptors (Lipinski definition) is 5. The van der Waals surface area contributed by atoms with Crippen molar-refractivity contribution in [3.63, 3.8) is 0 Å². The molecule has 1 aromatic rings. The highest BCUT2D eigenvalue weighted by Crippen LogP contribution is 2.06. The van der Waals surface area contributed by atoms with Crippen molar-refractivity contribution in [3.8, 4) is 0 Å². The second-order valence-corrected chi connectivity index (χ2v) is 4.45. The third-order valence-corrected chi connectivity index (χ3v) is 2.91. The van der Waals surface area contributed by atoms with Gasteiger partial charge in [0, 0.05) is 33.0 Å². The Hall–Kier alpha value is -2.64. The average Bonchev–Trinajstić information content (AvgIpc) is 3.00. The summed E-state index contributed by atoms with van der Waals surface area (Å²) in [7, 11) is 1.51. The van der Waals surface area contributed by atoms with Crippen molar-refractivity contribution in [3.05, 3.63) is 24.2 Å². The second kappa shape index (κ2) is 6.69. The lowest BCUT2D eigenvalue weighted by molar-refractivity contribution is -0.130. The van der Waals surface area contributed by atoms with Crippen LogP contribution in [0, 0.1) is 0 Å². The smallest absolute Gasteiger partial charge is 0.287 e. The van der Waals surface area contributed by atoms with E-state index in [1.165, 1.54) is 13.3 Å². The number of nitrogens with zero attached hydrogens (tertiary/aromatic N) is 2. The van der Waals surface area contributed by atoms with Crippen LogP contribution in [-0.2, 0) is 9.59 Å². The van der Waals surface area contributed by atoms with Gasteiger partial charge < -0.3 is 15.1 Å². The number of rotatable bonds is 5. The Kier molecular flexibility index (Phi) is 4.70. The van der Waals surface area contributed by atoms with Gasteiger partial charge in [-0.05, 0) is 12.1 Å². The van der Waals surface area contributed by atoms with Crippen LogP contribution >= 0.6 is 0 Å². The molecule has 2 N–H and O–H groups in total. The molecule has 8 heteroatoms. The molecule has 0 radical (unpaired) electrons. The third-order valence-electron chi connectivity index (χ3n) is 2.91. The lowest BCUT2D eigenvalue weighted by Crippen LogP contribution is -2.40. The normalized spacial score (nSPS) is 14.6. The third kappa shape index (κ3) is 3.91. The highest BCUT2D eigenvalue weighted by atomic mass is 16.3. The van der Waals surface area contributed by atoms with E-state index < -0.39 is 0 Å². The number of carbonyl (C=O) groups excluding carboxylic acids is 3. The second-order valence-electron chi connectivity index (χ2n) is 4.45. The molecule has 1 aliphatic heterocycles. The molecule has 0 bridgehead atoms. The van der Waals surface area contributed by atoms with Crippen LogP contribution in [0.5, 0.6) is 0 Å². The quantitative estimate of drug-likeness (QED) is 0.729. The summed E-state index contributed by atoms with van der Waals surface area (Å²) in [5, 5.41) is 10.3. The Morgan fingerprint density at radius 2 is 2.00 bits per heavy atom. The van der Waals surface area contributed by atoms with E-state index in [-0.39, 0.29) is 43.0 Å². The van der Waals surface area contributed by atoms with Crippen LogP contribution in [0.2, 0.25) is 0 Å². The van der Waals surface area contributed by atoms with Gasteiger partial charge in [0.25, 0.3) is 11.8 Å². The van der Waals surface area contributed by atoms with Gasteiger partial charge in [0.2, 0.25) is 5.91 Å². The van der Waals surface area contributed by atoms with E-state index in [4.69, 9.17) is 4.42 Å². The molecule has 0 atom stereocenters. The Morgan fingerprint density at radius 1 is 1.29 bits per heavy atom. The number of hydrogen-bond donors (Lipinski definition) is 2. The molecule has 2 rings (SSSR count). The predicted octanol–water partition coefficient (Wildman–Crippen LogP) is -0.266. The maximum atomic E-state index is 11.8. The van der Waals surface area contributed by atoms with Crippen molar-refractivity contribution in [2.75, 3.05) is 20.1 Å². The molecule has 1 aliphatic rings. The number of hydrazone groups is 1. The highest BCUT2D eigenvalue weighted by molar-refractivity contribution is 6.39. The monoisotopic (exact) mass is 292 g/mol. The van der Waals surface area contributed by atoms with Gasteiger partial charge in [0.05, 0.1) is 6.26 Å². The molecule has 0 spiro atoms. The summed E-state index contributed by atoms with van der Waals surface area (Å²) in [6, 6.07) is 3.17. The van der Waals surface area contributed by atoms with E-state index in [1.807, 2.05) is 0 Å². The number of carbonyl (C=O) groups is 3. The van der Waals surface area contributed by atoms with Crippen LogP contribution in [0.4, 0.5) is 0 Å². The molecule has 0 saturated carbocycles.